The summed E-state index contributed by atoms with van der Waals surface area (Å²) in [6.45, 7) is 0.136. The minimum absolute atomic E-state index is 0.0538. The summed E-state index contributed by atoms with van der Waals surface area (Å²) in [6.07, 6.45) is 17.4. The molecule has 0 bridgehead atoms. The van der Waals surface area contributed by atoms with E-state index in [0.717, 1.165) is 12.8 Å². The zero-order valence-electron chi connectivity index (χ0n) is 14.9. The first-order chi connectivity index (χ1) is 11.6. The Labute approximate surface area is 145 Å². The Morgan fingerprint density at radius 2 is 1.50 bits per heavy atom. The van der Waals surface area contributed by atoms with Crippen molar-refractivity contribution in [3.63, 3.8) is 0 Å². The molecule has 0 unspecified atom stereocenters. The summed E-state index contributed by atoms with van der Waals surface area (Å²) in [5, 5.41) is 9.81. The van der Waals surface area contributed by atoms with Gasteiger partial charge in [-0.2, -0.15) is 0 Å². The lowest BCUT2D eigenvalue weighted by Gasteiger charge is -2.14. The summed E-state index contributed by atoms with van der Waals surface area (Å²) < 4.78 is 0. The molecule has 1 amide bonds. The molecule has 4 heteroatoms. The van der Waals surface area contributed by atoms with Gasteiger partial charge in [-0.05, 0) is 24.8 Å². The van der Waals surface area contributed by atoms with Crippen LogP contribution in [-0.4, -0.2) is 35.3 Å². The molecule has 0 aromatic heterocycles. The Balaban J connectivity index is 1.92. The molecule has 0 atom stereocenters. The second-order valence-electron chi connectivity index (χ2n) is 7.23. The van der Waals surface area contributed by atoms with Crippen LogP contribution in [0.5, 0.6) is 0 Å². The molecular weight excluding hydrogens is 302 g/mol. The number of carbonyl (C=O) groups is 2. The number of rotatable bonds is 3. The molecule has 0 radical (unpaired) electrons. The van der Waals surface area contributed by atoms with Gasteiger partial charge in [0.2, 0.25) is 0 Å². The number of nitrogens with zero attached hydrogens (tertiary/aromatic N) is 1. The summed E-state index contributed by atoms with van der Waals surface area (Å²) >= 11 is 0. The minimum Gasteiger partial charge on any atom is -0.509 e. The van der Waals surface area contributed by atoms with Crippen LogP contribution in [0.15, 0.2) is 23.5 Å². The summed E-state index contributed by atoms with van der Waals surface area (Å²) in [5.74, 6) is -0.421. The molecular formula is C20H31NO3. The average Bonchev–Trinajstić information content (AvgIpc) is 2.79. The molecule has 0 aromatic rings. The standard InChI is InChI=1S/C20H31NO3/c1-21-15-18(23)19(20(21)24)17(22)14-13-16-11-9-7-5-3-2-4-6-8-10-12-16/h13-14,16,23H,2-12,15H2,1H3. The van der Waals surface area contributed by atoms with Crippen molar-refractivity contribution in [1.29, 1.82) is 0 Å². The monoisotopic (exact) mass is 333 g/mol. The van der Waals surface area contributed by atoms with E-state index in [1.165, 1.54) is 68.8 Å². The van der Waals surface area contributed by atoms with Crippen molar-refractivity contribution in [3.8, 4) is 0 Å². The Bertz CT molecular complexity index is 495. The maximum atomic E-state index is 12.3. The van der Waals surface area contributed by atoms with Gasteiger partial charge in [-0.25, -0.2) is 0 Å². The van der Waals surface area contributed by atoms with Gasteiger partial charge in [0.05, 0.1) is 6.54 Å². The third-order valence-electron chi connectivity index (χ3n) is 5.15. The Hall–Kier alpha value is -1.58. The maximum absolute atomic E-state index is 12.3. The van der Waals surface area contributed by atoms with Gasteiger partial charge in [-0.1, -0.05) is 63.9 Å². The van der Waals surface area contributed by atoms with E-state index < -0.39 is 0 Å². The topological polar surface area (TPSA) is 57.6 Å². The summed E-state index contributed by atoms with van der Waals surface area (Å²) in [7, 11) is 1.59. The van der Waals surface area contributed by atoms with Crippen molar-refractivity contribution >= 4 is 11.7 Å². The van der Waals surface area contributed by atoms with Crippen LogP contribution in [0.25, 0.3) is 0 Å². The van der Waals surface area contributed by atoms with E-state index >= 15 is 0 Å². The second kappa shape index (κ2) is 9.65. The van der Waals surface area contributed by atoms with Gasteiger partial charge < -0.3 is 10.0 Å². The molecule has 134 valence electrons. The predicted octanol–water partition coefficient (Wildman–Crippen LogP) is 4.32. The number of likely N-dealkylation sites (N-methyl/N-ethyl adjacent to an activating group) is 1. The molecule has 0 saturated heterocycles. The highest BCUT2D eigenvalue weighted by molar-refractivity contribution is 6.24. The third kappa shape index (κ3) is 5.50. The van der Waals surface area contributed by atoms with E-state index in [0.29, 0.717) is 5.92 Å². The van der Waals surface area contributed by atoms with Crippen LogP contribution in [0, 0.1) is 5.92 Å². The number of aliphatic hydroxyl groups excluding tert-OH is 1. The average molecular weight is 333 g/mol. The molecule has 1 N–H and O–H groups in total. The lowest BCUT2D eigenvalue weighted by molar-refractivity contribution is -0.126. The number of aliphatic hydroxyl groups is 1. The predicted molar refractivity (Wildman–Crippen MR) is 95.7 cm³/mol. The van der Waals surface area contributed by atoms with Gasteiger partial charge in [0, 0.05) is 7.05 Å². The largest absolute Gasteiger partial charge is 0.509 e. The van der Waals surface area contributed by atoms with Crippen molar-refractivity contribution in [2.75, 3.05) is 13.6 Å². The van der Waals surface area contributed by atoms with E-state index in [2.05, 4.69) is 0 Å². The highest BCUT2D eigenvalue weighted by Crippen LogP contribution is 2.23. The van der Waals surface area contributed by atoms with Crippen LogP contribution in [0.2, 0.25) is 0 Å². The molecule has 4 nitrogen and oxygen atoms in total. The fraction of sp³-hybridized carbons (Fsp3) is 0.700. The number of hydrogen-bond donors (Lipinski definition) is 1. The number of allylic oxidation sites excluding steroid dienone is 2. The van der Waals surface area contributed by atoms with E-state index in [4.69, 9.17) is 0 Å². The smallest absolute Gasteiger partial charge is 0.261 e. The highest BCUT2D eigenvalue weighted by atomic mass is 16.3. The molecule has 1 aliphatic carbocycles. The summed E-state index contributed by atoms with van der Waals surface area (Å²) in [5.41, 5.74) is -0.0538. The Morgan fingerprint density at radius 1 is 1.00 bits per heavy atom. The molecule has 1 fully saturated rings. The normalized spacial score (nSPS) is 22.7. The van der Waals surface area contributed by atoms with E-state index in [-0.39, 0.29) is 29.6 Å². The van der Waals surface area contributed by atoms with Crippen LogP contribution in [0.4, 0.5) is 0 Å². The highest BCUT2D eigenvalue weighted by Gasteiger charge is 2.31. The van der Waals surface area contributed by atoms with Crippen LogP contribution >= 0.6 is 0 Å². The first-order valence-electron chi connectivity index (χ1n) is 9.49. The molecule has 24 heavy (non-hydrogen) atoms. The van der Waals surface area contributed by atoms with E-state index in [1.54, 1.807) is 7.05 Å². The second-order valence-corrected chi connectivity index (χ2v) is 7.23. The number of ketones is 1. The first-order valence-corrected chi connectivity index (χ1v) is 9.49. The van der Waals surface area contributed by atoms with Crippen molar-refractivity contribution in [2.45, 2.75) is 70.6 Å². The molecule has 0 spiro atoms. The van der Waals surface area contributed by atoms with Crippen molar-refractivity contribution < 1.29 is 14.7 Å². The van der Waals surface area contributed by atoms with Gasteiger partial charge in [0.1, 0.15) is 11.3 Å². The van der Waals surface area contributed by atoms with Crippen LogP contribution in [0.3, 0.4) is 0 Å². The van der Waals surface area contributed by atoms with Gasteiger partial charge >= 0.3 is 0 Å². The number of hydrogen-bond acceptors (Lipinski definition) is 3. The van der Waals surface area contributed by atoms with Crippen LogP contribution < -0.4 is 0 Å². The fourth-order valence-corrected chi connectivity index (χ4v) is 3.63. The Morgan fingerprint density at radius 3 is 1.96 bits per heavy atom. The molecule has 1 heterocycles. The molecule has 1 aliphatic heterocycles. The van der Waals surface area contributed by atoms with E-state index in [1.807, 2.05) is 6.08 Å². The minimum atomic E-state index is -0.374. The first kappa shape index (κ1) is 18.8. The summed E-state index contributed by atoms with van der Waals surface area (Å²) in [4.78, 5) is 25.6. The quantitative estimate of drug-likeness (QED) is 0.618. The zero-order chi connectivity index (χ0) is 17.4. The van der Waals surface area contributed by atoms with Crippen LogP contribution in [0.1, 0.15) is 70.6 Å². The van der Waals surface area contributed by atoms with Gasteiger partial charge in [-0.3, -0.25) is 9.59 Å². The molecule has 2 rings (SSSR count). The van der Waals surface area contributed by atoms with E-state index in [9.17, 15) is 14.7 Å². The van der Waals surface area contributed by atoms with Crippen molar-refractivity contribution in [1.82, 2.24) is 4.90 Å². The van der Waals surface area contributed by atoms with Gasteiger partial charge in [0.25, 0.3) is 5.91 Å². The Kier molecular flexibility index (Phi) is 7.54. The summed E-state index contributed by atoms with van der Waals surface area (Å²) in [6, 6.07) is 0. The lowest BCUT2D eigenvalue weighted by Crippen LogP contribution is -2.23. The number of carbonyl (C=O) groups excluding carboxylic acids is 2. The lowest BCUT2D eigenvalue weighted by atomic mass is 9.92. The molecule has 0 aromatic carbocycles. The fourth-order valence-electron chi connectivity index (χ4n) is 3.63. The molecule has 1 saturated carbocycles. The van der Waals surface area contributed by atoms with Crippen molar-refractivity contribution in [3.05, 3.63) is 23.5 Å². The molecule has 2 aliphatic rings. The SMILES string of the molecule is CN1CC(O)=C(C(=O)C=CC2CCCCCCCCCCC2)C1=O. The number of amides is 1. The van der Waals surface area contributed by atoms with Gasteiger partial charge in [-0.15, -0.1) is 0 Å². The van der Waals surface area contributed by atoms with Gasteiger partial charge in [0.15, 0.2) is 5.78 Å². The zero-order valence-corrected chi connectivity index (χ0v) is 14.9. The third-order valence-corrected chi connectivity index (χ3v) is 5.15. The van der Waals surface area contributed by atoms with Crippen LogP contribution in [-0.2, 0) is 9.59 Å². The van der Waals surface area contributed by atoms with Crippen molar-refractivity contribution in [2.24, 2.45) is 5.92 Å². The maximum Gasteiger partial charge on any atom is 0.261 e.